The predicted molar refractivity (Wildman–Crippen MR) is 93.7 cm³/mol. The van der Waals surface area contributed by atoms with E-state index < -0.39 is 0 Å². The lowest BCUT2D eigenvalue weighted by Gasteiger charge is -2.02. The van der Waals surface area contributed by atoms with Crippen molar-refractivity contribution in [2.24, 2.45) is 7.05 Å². The highest BCUT2D eigenvalue weighted by Crippen LogP contribution is 2.26. The number of nitrogens with zero attached hydrogens (tertiary/aromatic N) is 4. The van der Waals surface area contributed by atoms with Gasteiger partial charge in [0.05, 0.1) is 17.4 Å². The molecule has 124 valence electrons. The van der Waals surface area contributed by atoms with Crippen LogP contribution in [0, 0.1) is 0 Å². The van der Waals surface area contributed by atoms with E-state index in [-0.39, 0.29) is 5.91 Å². The number of rotatable bonds is 3. The van der Waals surface area contributed by atoms with Crippen molar-refractivity contribution in [1.29, 1.82) is 0 Å². The average Bonchev–Trinajstić information content (AvgIpc) is 3.22. The molecule has 0 atom stereocenters. The van der Waals surface area contributed by atoms with Gasteiger partial charge in [-0.25, -0.2) is 4.98 Å². The summed E-state index contributed by atoms with van der Waals surface area (Å²) in [6.07, 6.45) is 1.77. The fourth-order valence-electron chi connectivity index (χ4n) is 2.67. The van der Waals surface area contributed by atoms with Gasteiger partial charge in [0.1, 0.15) is 0 Å². The maximum atomic E-state index is 11.2. The minimum Gasteiger partial charge on any atom is -0.334 e. The van der Waals surface area contributed by atoms with Crippen molar-refractivity contribution in [3.05, 3.63) is 48.8 Å². The number of carbonyl (C=O) groups excluding carboxylic acids is 1. The molecule has 0 fully saturated rings. The summed E-state index contributed by atoms with van der Waals surface area (Å²) in [7, 11) is 1.95. The van der Waals surface area contributed by atoms with Crippen LogP contribution in [-0.4, -0.2) is 25.6 Å². The van der Waals surface area contributed by atoms with E-state index in [1.54, 1.807) is 18.5 Å². The average molecular weight is 333 g/mol. The molecule has 1 N–H and O–H groups in total. The molecule has 2 aromatic heterocycles. The minimum atomic E-state index is -0.132. The normalized spacial score (nSPS) is 11.0. The molecule has 4 aromatic rings. The van der Waals surface area contributed by atoms with E-state index in [0.29, 0.717) is 17.4 Å². The summed E-state index contributed by atoms with van der Waals surface area (Å²) in [5.41, 5.74) is 4.16. The molecule has 0 bridgehead atoms. The number of hydrogen-bond donors (Lipinski definition) is 1. The molecule has 4 rings (SSSR count). The minimum absolute atomic E-state index is 0.132. The number of imidazole rings is 1. The summed E-state index contributed by atoms with van der Waals surface area (Å²) in [6, 6.07) is 13.1. The summed E-state index contributed by atoms with van der Waals surface area (Å²) >= 11 is 0. The van der Waals surface area contributed by atoms with Crippen LogP contribution in [-0.2, 0) is 11.8 Å². The van der Waals surface area contributed by atoms with Crippen LogP contribution >= 0.6 is 0 Å². The van der Waals surface area contributed by atoms with Crippen molar-refractivity contribution >= 4 is 22.6 Å². The van der Waals surface area contributed by atoms with E-state index in [9.17, 15) is 4.79 Å². The summed E-state index contributed by atoms with van der Waals surface area (Å²) in [5.74, 6) is 0.753. The molecule has 7 nitrogen and oxygen atoms in total. The topological polar surface area (TPSA) is 85.8 Å². The standard InChI is InChI=1S/C18H15N5O2/c1-11(24)20-14-5-3-4-13(8-14)18-21-17(22-25-18)12-6-7-16-15(9-12)19-10-23(16)2/h3-10H,1-2H3,(H,20,24). The molecule has 7 heteroatoms. The van der Waals surface area contributed by atoms with Crippen molar-refractivity contribution in [3.8, 4) is 22.8 Å². The quantitative estimate of drug-likeness (QED) is 0.622. The summed E-state index contributed by atoms with van der Waals surface area (Å²) < 4.78 is 7.34. The molecule has 0 aliphatic carbocycles. The Balaban J connectivity index is 1.68. The van der Waals surface area contributed by atoms with Crippen LogP contribution in [0.3, 0.4) is 0 Å². The maximum absolute atomic E-state index is 11.2. The van der Waals surface area contributed by atoms with Gasteiger partial charge in [-0.05, 0) is 36.4 Å². The third-order valence-corrected chi connectivity index (χ3v) is 3.84. The molecule has 0 aliphatic rings. The van der Waals surface area contributed by atoms with Gasteiger partial charge < -0.3 is 14.4 Å². The summed E-state index contributed by atoms with van der Waals surface area (Å²) in [5, 5.41) is 6.80. The van der Waals surface area contributed by atoms with Gasteiger partial charge in [0.15, 0.2) is 0 Å². The largest absolute Gasteiger partial charge is 0.334 e. The van der Waals surface area contributed by atoms with Crippen LogP contribution in [0.4, 0.5) is 5.69 Å². The third-order valence-electron chi connectivity index (χ3n) is 3.84. The SMILES string of the molecule is CC(=O)Nc1cccc(-c2nc(-c3ccc4c(c3)ncn4C)no2)c1. The number of fused-ring (bicyclic) bond motifs is 1. The van der Waals surface area contributed by atoms with Gasteiger partial charge in [-0.15, -0.1) is 0 Å². The summed E-state index contributed by atoms with van der Waals surface area (Å²) in [4.78, 5) is 20.0. The molecule has 0 saturated heterocycles. The Bertz CT molecular complexity index is 1080. The van der Waals surface area contributed by atoms with Gasteiger partial charge in [-0.3, -0.25) is 4.79 Å². The highest BCUT2D eigenvalue weighted by atomic mass is 16.5. The van der Waals surface area contributed by atoms with Crippen molar-refractivity contribution in [2.75, 3.05) is 5.32 Å². The zero-order valence-electron chi connectivity index (χ0n) is 13.7. The molecule has 1 amide bonds. The molecular formula is C18H15N5O2. The van der Waals surface area contributed by atoms with Crippen molar-refractivity contribution in [1.82, 2.24) is 19.7 Å². The van der Waals surface area contributed by atoms with Gasteiger partial charge >= 0.3 is 0 Å². The van der Waals surface area contributed by atoms with Crippen LogP contribution in [0.1, 0.15) is 6.92 Å². The Kier molecular flexibility index (Phi) is 3.53. The molecule has 25 heavy (non-hydrogen) atoms. The van der Waals surface area contributed by atoms with Crippen molar-refractivity contribution < 1.29 is 9.32 Å². The molecular weight excluding hydrogens is 318 g/mol. The lowest BCUT2D eigenvalue weighted by molar-refractivity contribution is -0.114. The molecule has 0 radical (unpaired) electrons. The smallest absolute Gasteiger partial charge is 0.258 e. The Morgan fingerprint density at radius 3 is 2.88 bits per heavy atom. The Morgan fingerprint density at radius 1 is 1.16 bits per heavy atom. The van der Waals surface area contributed by atoms with Gasteiger partial charge in [0.25, 0.3) is 5.89 Å². The number of aryl methyl sites for hydroxylation is 1. The third kappa shape index (κ3) is 2.87. The van der Waals surface area contributed by atoms with E-state index in [2.05, 4.69) is 20.4 Å². The summed E-state index contributed by atoms with van der Waals surface area (Å²) in [6.45, 7) is 1.46. The second-order valence-corrected chi connectivity index (χ2v) is 5.74. The number of benzene rings is 2. The molecule has 0 spiro atoms. The fraction of sp³-hybridized carbons (Fsp3) is 0.111. The van der Waals surface area contributed by atoms with E-state index >= 15 is 0 Å². The molecule has 0 aliphatic heterocycles. The fourth-order valence-corrected chi connectivity index (χ4v) is 2.67. The first-order chi connectivity index (χ1) is 12.1. The van der Waals surface area contributed by atoms with E-state index in [0.717, 1.165) is 22.2 Å². The van der Waals surface area contributed by atoms with E-state index in [1.807, 2.05) is 41.9 Å². The molecule has 0 unspecified atom stereocenters. The van der Waals surface area contributed by atoms with Crippen LogP contribution in [0.5, 0.6) is 0 Å². The lowest BCUT2D eigenvalue weighted by atomic mass is 10.2. The zero-order chi connectivity index (χ0) is 17.4. The number of carbonyl (C=O) groups is 1. The van der Waals surface area contributed by atoms with Gasteiger partial charge in [-0.1, -0.05) is 11.2 Å². The zero-order valence-corrected chi connectivity index (χ0v) is 13.7. The second-order valence-electron chi connectivity index (χ2n) is 5.74. The highest BCUT2D eigenvalue weighted by Gasteiger charge is 2.12. The Hall–Kier alpha value is -3.48. The number of nitrogens with one attached hydrogen (secondary N) is 1. The molecule has 2 aromatic carbocycles. The van der Waals surface area contributed by atoms with Crippen molar-refractivity contribution in [2.45, 2.75) is 6.92 Å². The van der Waals surface area contributed by atoms with Crippen molar-refractivity contribution in [3.63, 3.8) is 0 Å². The molecule has 0 saturated carbocycles. The van der Waals surface area contributed by atoms with Crippen LogP contribution in [0.15, 0.2) is 53.3 Å². The van der Waals surface area contributed by atoms with Gasteiger partial charge in [0, 0.05) is 30.8 Å². The number of amides is 1. The van der Waals surface area contributed by atoms with E-state index in [4.69, 9.17) is 4.52 Å². The first-order valence-corrected chi connectivity index (χ1v) is 7.73. The van der Waals surface area contributed by atoms with Crippen LogP contribution in [0.25, 0.3) is 33.9 Å². The monoisotopic (exact) mass is 333 g/mol. The van der Waals surface area contributed by atoms with Gasteiger partial charge in [-0.2, -0.15) is 4.98 Å². The number of hydrogen-bond acceptors (Lipinski definition) is 5. The first-order valence-electron chi connectivity index (χ1n) is 7.73. The second kappa shape index (κ2) is 5.86. The lowest BCUT2D eigenvalue weighted by Crippen LogP contribution is -2.05. The van der Waals surface area contributed by atoms with Crippen LogP contribution < -0.4 is 5.32 Å². The Morgan fingerprint density at radius 2 is 2.04 bits per heavy atom. The Labute approximate surface area is 143 Å². The van der Waals surface area contributed by atoms with Crippen LogP contribution in [0.2, 0.25) is 0 Å². The molecule has 2 heterocycles. The first kappa shape index (κ1) is 15.1. The van der Waals surface area contributed by atoms with E-state index in [1.165, 1.54) is 6.92 Å². The number of aromatic nitrogens is 4. The predicted octanol–water partition coefficient (Wildman–Crippen LogP) is 3.25. The van der Waals surface area contributed by atoms with Gasteiger partial charge in [0.2, 0.25) is 11.7 Å². The number of anilines is 1. The highest BCUT2D eigenvalue weighted by molar-refractivity contribution is 5.89. The maximum Gasteiger partial charge on any atom is 0.258 e.